The van der Waals surface area contributed by atoms with E-state index in [0.29, 0.717) is 0 Å². The molecule has 1 fully saturated rings. The fourth-order valence-corrected chi connectivity index (χ4v) is 1.78. The molecule has 9 heteroatoms. The van der Waals surface area contributed by atoms with Crippen LogP contribution in [-0.2, 0) is 23.7 Å². The van der Waals surface area contributed by atoms with Gasteiger partial charge in [0.2, 0.25) is 0 Å². The first-order valence-electron chi connectivity index (χ1n) is 5.36. The number of carbonyl (C=O) groups excluding carboxylic acids is 1. The van der Waals surface area contributed by atoms with E-state index in [-0.39, 0.29) is 36.2 Å². The van der Waals surface area contributed by atoms with Gasteiger partial charge in [-0.1, -0.05) is 0 Å². The SMILES string of the molecule is COC1OC(COCC(=O)[O-])C(OC)C(O)C1O.[Na+]. The van der Waals surface area contributed by atoms with E-state index in [1.54, 1.807) is 0 Å². The summed E-state index contributed by atoms with van der Waals surface area (Å²) in [6.07, 6.45) is -5.09. The van der Waals surface area contributed by atoms with Crippen LogP contribution in [0, 0.1) is 0 Å². The minimum atomic E-state index is -1.36. The van der Waals surface area contributed by atoms with Crippen molar-refractivity contribution in [1.29, 1.82) is 0 Å². The van der Waals surface area contributed by atoms with Crippen LogP contribution in [0.15, 0.2) is 0 Å². The van der Waals surface area contributed by atoms with Crippen molar-refractivity contribution in [3.8, 4) is 0 Å². The number of carboxylic acid groups (broad SMARTS) is 1. The second-order valence-corrected chi connectivity index (χ2v) is 3.85. The molecule has 0 bridgehead atoms. The zero-order valence-electron chi connectivity index (χ0n) is 11.1. The van der Waals surface area contributed by atoms with Gasteiger partial charge in [0.1, 0.15) is 24.4 Å². The van der Waals surface area contributed by atoms with Crippen molar-refractivity contribution < 1.29 is 68.6 Å². The first kappa shape index (κ1) is 19.2. The van der Waals surface area contributed by atoms with E-state index in [9.17, 15) is 20.1 Å². The van der Waals surface area contributed by atoms with Gasteiger partial charge in [-0.2, -0.15) is 0 Å². The summed E-state index contributed by atoms with van der Waals surface area (Å²) in [5, 5.41) is 29.7. The minimum Gasteiger partial charge on any atom is -0.548 e. The third-order valence-corrected chi connectivity index (χ3v) is 2.65. The summed E-state index contributed by atoms with van der Waals surface area (Å²) < 4.78 is 20.0. The van der Waals surface area contributed by atoms with Crippen LogP contribution in [0.5, 0.6) is 0 Å². The maximum atomic E-state index is 10.2. The molecule has 1 aliphatic rings. The number of aliphatic hydroxyl groups is 2. The average molecular weight is 288 g/mol. The van der Waals surface area contributed by atoms with Crippen molar-refractivity contribution in [2.45, 2.75) is 30.7 Å². The van der Waals surface area contributed by atoms with E-state index >= 15 is 0 Å². The molecule has 1 saturated heterocycles. The molecule has 0 aliphatic carbocycles. The maximum Gasteiger partial charge on any atom is 1.00 e. The molecule has 106 valence electrons. The summed E-state index contributed by atoms with van der Waals surface area (Å²) in [5.74, 6) is -1.36. The van der Waals surface area contributed by atoms with E-state index in [1.165, 1.54) is 14.2 Å². The predicted molar refractivity (Wildman–Crippen MR) is 54.3 cm³/mol. The second-order valence-electron chi connectivity index (χ2n) is 3.85. The van der Waals surface area contributed by atoms with Crippen LogP contribution in [0.2, 0.25) is 0 Å². The van der Waals surface area contributed by atoms with Crippen molar-refractivity contribution in [1.82, 2.24) is 0 Å². The Morgan fingerprint density at radius 2 is 1.89 bits per heavy atom. The molecule has 0 saturated carbocycles. The van der Waals surface area contributed by atoms with Crippen molar-refractivity contribution in [2.24, 2.45) is 0 Å². The molecular weight excluding hydrogens is 271 g/mol. The quantitative estimate of drug-likeness (QED) is 0.464. The summed E-state index contributed by atoms with van der Waals surface area (Å²) in [5.41, 5.74) is 0. The van der Waals surface area contributed by atoms with Gasteiger partial charge in [-0.25, -0.2) is 0 Å². The molecule has 0 amide bonds. The monoisotopic (exact) mass is 288 g/mol. The van der Waals surface area contributed by atoms with Crippen LogP contribution in [0.1, 0.15) is 0 Å². The van der Waals surface area contributed by atoms with E-state index in [2.05, 4.69) is 0 Å². The van der Waals surface area contributed by atoms with Gasteiger partial charge in [0.15, 0.2) is 6.29 Å². The van der Waals surface area contributed by atoms with Crippen molar-refractivity contribution >= 4 is 5.97 Å². The van der Waals surface area contributed by atoms with E-state index in [0.717, 1.165) is 0 Å². The van der Waals surface area contributed by atoms with Crippen LogP contribution in [-0.4, -0.2) is 74.3 Å². The van der Waals surface area contributed by atoms with E-state index in [4.69, 9.17) is 18.9 Å². The molecule has 0 aromatic heterocycles. The number of carboxylic acids is 1. The number of hydrogen-bond donors (Lipinski definition) is 2. The number of carbonyl (C=O) groups is 1. The standard InChI is InChI=1S/C10H18O8.Na/c1-15-9-5(3-17-4-6(11)12)18-10(16-2)8(14)7(9)13;/h5,7-10,13-14H,3-4H2,1-2H3,(H,11,12);/q;+1/p-1. The Morgan fingerprint density at radius 1 is 1.26 bits per heavy atom. The fourth-order valence-electron chi connectivity index (χ4n) is 1.78. The Hall–Kier alpha value is 0.230. The zero-order valence-corrected chi connectivity index (χ0v) is 13.1. The number of methoxy groups -OCH3 is 2. The molecule has 19 heavy (non-hydrogen) atoms. The molecule has 8 nitrogen and oxygen atoms in total. The van der Waals surface area contributed by atoms with Gasteiger partial charge in [-0.3, -0.25) is 0 Å². The largest absolute Gasteiger partial charge is 1.00 e. The Bertz CT molecular complexity index is 276. The van der Waals surface area contributed by atoms with Crippen LogP contribution in [0.25, 0.3) is 0 Å². The average Bonchev–Trinajstić information content (AvgIpc) is 2.33. The van der Waals surface area contributed by atoms with Gasteiger partial charge in [-0.15, -0.1) is 0 Å². The van der Waals surface area contributed by atoms with Crippen LogP contribution >= 0.6 is 0 Å². The van der Waals surface area contributed by atoms with Gasteiger partial charge < -0.3 is 39.1 Å². The van der Waals surface area contributed by atoms with E-state index < -0.39 is 43.3 Å². The Kier molecular flexibility index (Phi) is 9.33. The van der Waals surface area contributed by atoms with Crippen molar-refractivity contribution in [3.05, 3.63) is 0 Å². The molecule has 1 aliphatic heterocycles. The van der Waals surface area contributed by atoms with Crippen LogP contribution < -0.4 is 34.7 Å². The van der Waals surface area contributed by atoms with Crippen molar-refractivity contribution in [2.75, 3.05) is 27.4 Å². The fraction of sp³-hybridized carbons (Fsp3) is 0.900. The summed E-state index contributed by atoms with van der Waals surface area (Å²) in [6, 6.07) is 0. The molecule has 1 rings (SSSR count). The van der Waals surface area contributed by atoms with Gasteiger partial charge in [0, 0.05) is 14.2 Å². The Balaban J connectivity index is 0.00000324. The topological polar surface area (TPSA) is 118 Å². The predicted octanol–water partition coefficient (Wildman–Crippen LogP) is -6.13. The van der Waals surface area contributed by atoms with Gasteiger partial charge in [-0.05, 0) is 0 Å². The number of ether oxygens (including phenoxy) is 4. The molecule has 2 N–H and O–H groups in total. The molecule has 5 atom stereocenters. The third kappa shape index (κ3) is 5.25. The number of aliphatic hydroxyl groups excluding tert-OH is 2. The molecular formula is C10H17NaO8. The van der Waals surface area contributed by atoms with Gasteiger partial charge >= 0.3 is 29.6 Å². The second kappa shape index (κ2) is 9.22. The van der Waals surface area contributed by atoms with Crippen LogP contribution in [0.4, 0.5) is 0 Å². The number of aliphatic carboxylic acids is 1. The third-order valence-electron chi connectivity index (χ3n) is 2.65. The maximum absolute atomic E-state index is 10.2. The molecule has 1 heterocycles. The smallest absolute Gasteiger partial charge is 0.548 e. The summed E-state index contributed by atoms with van der Waals surface area (Å²) in [7, 11) is 2.65. The van der Waals surface area contributed by atoms with E-state index in [1.807, 2.05) is 0 Å². The molecule has 0 aromatic carbocycles. The Labute approximate surface area is 132 Å². The minimum absolute atomic E-state index is 0. The van der Waals surface area contributed by atoms with Crippen molar-refractivity contribution in [3.63, 3.8) is 0 Å². The molecule has 0 radical (unpaired) electrons. The summed E-state index contributed by atoms with van der Waals surface area (Å²) in [6.45, 7) is -0.720. The number of hydrogen-bond acceptors (Lipinski definition) is 8. The molecule has 0 aromatic rings. The summed E-state index contributed by atoms with van der Waals surface area (Å²) >= 11 is 0. The molecule has 0 spiro atoms. The zero-order chi connectivity index (χ0) is 13.7. The van der Waals surface area contributed by atoms with Gasteiger partial charge in [0.25, 0.3) is 0 Å². The normalized spacial score (nSPS) is 34.6. The van der Waals surface area contributed by atoms with Crippen LogP contribution in [0.3, 0.4) is 0 Å². The summed E-state index contributed by atoms with van der Waals surface area (Å²) in [4.78, 5) is 10.2. The number of rotatable bonds is 6. The molecule has 5 unspecified atom stereocenters. The Morgan fingerprint density at radius 3 is 2.37 bits per heavy atom. The first-order valence-corrected chi connectivity index (χ1v) is 5.36. The van der Waals surface area contributed by atoms with Gasteiger partial charge in [0.05, 0.1) is 19.2 Å². The first-order chi connectivity index (χ1) is 8.51.